The fourth-order valence-corrected chi connectivity index (χ4v) is 6.29. The lowest BCUT2D eigenvalue weighted by Gasteiger charge is -2.42. The zero-order chi connectivity index (χ0) is 46.2. The molecule has 358 valence electrons. The lowest BCUT2D eigenvalue weighted by molar-refractivity contribution is -0.272. The van der Waals surface area contributed by atoms with Crippen LogP contribution >= 0.6 is 0 Å². The predicted molar refractivity (Wildman–Crippen MR) is 213 cm³/mol. The number of hydrogen-bond acceptors (Lipinski definition) is 19. The van der Waals surface area contributed by atoms with E-state index in [1.165, 1.54) is 18.7 Å². The number of rotatable bonds is 30. The van der Waals surface area contributed by atoms with Crippen molar-refractivity contribution in [1.82, 2.24) is 31.5 Å². The molecule has 11 N–H and O–H groups in total. The standard InChI is InChI=1S/C38H68N6O18/c1-22(2)25(49)6-5-7-28(50)39-8-11-44(18-29(51)40-9-12-57-14-16-59-37-31(42-23(3)47)35(55)33(53)26(20-45)61-37)19-30(52)41-10-13-58-15-17-60-38-32(43-24(4)48)36(56)34(54)27(21-46)62-38/h22,26-27,31-38,45-46,53-56H,5-21H2,1-4H3,(H,39,50)(H,40,51)(H,41,52)(H,42,47)(H,43,48). The van der Waals surface area contributed by atoms with Gasteiger partial charge in [0.05, 0.1) is 65.9 Å². The number of hydrogen-bond donors (Lipinski definition) is 11. The molecular formula is C38H68N6O18. The second-order valence-electron chi connectivity index (χ2n) is 15.1. The average molecular weight is 897 g/mol. The molecule has 2 fully saturated rings. The third-order valence-corrected chi connectivity index (χ3v) is 9.61. The SMILES string of the molecule is CC(=O)NC1C(OCCOCCNC(=O)CN(CCNC(=O)CCCC(=O)C(C)C)CC(=O)NCCOCCOC2OC(CO)C(O)C(O)C2NC(C)=O)OC(CO)C(O)C1O. The molecule has 62 heavy (non-hydrogen) atoms. The van der Waals surface area contributed by atoms with E-state index in [0.29, 0.717) is 6.42 Å². The Morgan fingerprint density at radius 1 is 0.597 bits per heavy atom. The molecule has 10 atom stereocenters. The summed E-state index contributed by atoms with van der Waals surface area (Å²) >= 11 is 0. The van der Waals surface area contributed by atoms with Crippen molar-refractivity contribution >= 4 is 35.3 Å². The topological polar surface area (TPSA) is 343 Å². The minimum absolute atomic E-state index is 0.0213. The van der Waals surface area contributed by atoms with Gasteiger partial charge in [-0.3, -0.25) is 33.7 Å². The molecule has 0 aromatic heterocycles. The first-order chi connectivity index (χ1) is 29.5. The van der Waals surface area contributed by atoms with Crippen LogP contribution in [0, 0.1) is 5.92 Å². The molecule has 2 aliphatic rings. The molecule has 24 heteroatoms. The molecule has 2 aliphatic heterocycles. The van der Waals surface area contributed by atoms with Gasteiger partial charge in [0.1, 0.15) is 54.5 Å². The zero-order valence-corrected chi connectivity index (χ0v) is 35.9. The maximum Gasteiger partial charge on any atom is 0.234 e. The number of aliphatic hydroxyl groups excluding tert-OH is 6. The van der Waals surface area contributed by atoms with Crippen molar-refractivity contribution in [2.24, 2.45) is 5.92 Å². The van der Waals surface area contributed by atoms with Gasteiger partial charge in [0.15, 0.2) is 12.6 Å². The Balaban J connectivity index is 1.79. The van der Waals surface area contributed by atoms with Gasteiger partial charge in [-0.2, -0.15) is 0 Å². The molecule has 5 amide bonds. The lowest BCUT2D eigenvalue weighted by Crippen LogP contribution is -2.64. The molecule has 2 rings (SSSR count). The fourth-order valence-electron chi connectivity index (χ4n) is 6.29. The van der Waals surface area contributed by atoms with Gasteiger partial charge in [-0.15, -0.1) is 0 Å². The number of Topliss-reactive ketones (excluding diaryl/α,β-unsaturated/α-hetero) is 1. The van der Waals surface area contributed by atoms with Crippen molar-refractivity contribution in [2.75, 3.05) is 92.1 Å². The van der Waals surface area contributed by atoms with E-state index in [4.69, 9.17) is 28.4 Å². The number of carbonyl (C=O) groups excluding carboxylic acids is 6. The smallest absolute Gasteiger partial charge is 0.234 e. The maximum atomic E-state index is 12.8. The summed E-state index contributed by atoms with van der Waals surface area (Å²) in [6, 6.07) is -2.21. The number of nitrogens with one attached hydrogen (secondary N) is 5. The molecule has 0 radical (unpaired) electrons. The second kappa shape index (κ2) is 29.8. The van der Waals surface area contributed by atoms with E-state index in [1.54, 1.807) is 13.8 Å². The summed E-state index contributed by atoms with van der Waals surface area (Å²) in [7, 11) is 0. The van der Waals surface area contributed by atoms with Crippen molar-refractivity contribution < 1.29 is 87.8 Å². The number of carbonyl (C=O) groups is 6. The number of ether oxygens (including phenoxy) is 6. The zero-order valence-electron chi connectivity index (χ0n) is 35.9. The summed E-state index contributed by atoms with van der Waals surface area (Å²) in [6.07, 6.45) is -9.64. The summed E-state index contributed by atoms with van der Waals surface area (Å²) in [5.74, 6) is -2.20. The molecule has 0 aromatic rings. The first-order valence-electron chi connectivity index (χ1n) is 20.7. The van der Waals surface area contributed by atoms with Crippen LogP contribution in [0.4, 0.5) is 0 Å². The van der Waals surface area contributed by atoms with E-state index in [-0.39, 0.29) is 109 Å². The highest BCUT2D eigenvalue weighted by Crippen LogP contribution is 2.23. The second-order valence-corrected chi connectivity index (χ2v) is 15.1. The molecule has 0 bridgehead atoms. The minimum Gasteiger partial charge on any atom is -0.394 e. The van der Waals surface area contributed by atoms with Gasteiger partial charge in [0.25, 0.3) is 0 Å². The molecule has 0 aromatic carbocycles. The van der Waals surface area contributed by atoms with Gasteiger partial charge in [-0.05, 0) is 6.42 Å². The molecule has 0 aliphatic carbocycles. The molecule has 2 saturated heterocycles. The first kappa shape index (κ1) is 54.6. The van der Waals surface area contributed by atoms with Crippen molar-refractivity contribution in [3.8, 4) is 0 Å². The Kier molecular flexibility index (Phi) is 26.2. The number of nitrogens with zero attached hydrogens (tertiary/aromatic N) is 1. The Morgan fingerprint density at radius 2 is 1.03 bits per heavy atom. The summed E-state index contributed by atoms with van der Waals surface area (Å²) in [5.41, 5.74) is 0. The Morgan fingerprint density at radius 3 is 1.44 bits per heavy atom. The molecule has 2 heterocycles. The Hall–Kier alpha value is -3.50. The summed E-state index contributed by atoms with van der Waals surface area (Å²) in [6.45, 7) is 4.90. The monoisotopic (exact) mass is 896 g/mol. The van der Waals surface area contributed by atoms with Gasteiger partial charge < -0.3 is 85.6 Å². The highest BCUT2D eigenvalue weighted by Gasteiger charge is 2.46. The van der Waals surface area contributed by atoms with E-state index in [9.17, 15) is 59.4 Å². The van der Waals surface area contributed by atoms with Gasteiger partial charge in [0.2, 0.25) is 29.5 Å². The Labute approximate surface area is 360 Å². The molecular weight excluding hydrogens is 828 g/mol. The van der Waals surface area contributed by atoms with E-state index in [1.807, 2.05) is 0 Å². The highest BCUT2D eigenvalue weighted by molar-refractivity contribution is 5.82. The van der Waals surface area contributed by atoms with Crippen molar-refractivity contribution in [1.29, 1.82) is 0 Å². The van der Waals surface area contributed by atoms with Crippen molar-refractivity contribution in [3.05, 3.63) is 0 Å². The molecule has 10 unspecified atom stereocenters. The van der Waals surface area contributed by atoms with Crippen LogP contribution in [-0.2, 0) is 57.2 Å². The first-order valence-corrected chi connectivity index (χ1v) is 20.7. The molecule has 0 spiro atoms. The van der Waals surface area contributed by atoms with Crippen LogP contribution in [0.25, 0.3) is 0 Å². The lowest BCUT2D eigenvalue weighted by atomic mass is 9.97. The van der Waals surface area contributed by atoms with Gasteiger partial charge in [-0.25, -0.2) is 0 Å². The number of ketones is 1. The van der Waals surface area contributed by atoms with E-state index in [2.05, 4.69) is 26.6 Å². The van der Waals surface area contributed by atoms with Gasteiger partial charge in [0, 0.05) is 58.8 Å². The number of amides is 5. The van der Waals surface area contributed by atoms with Gasteiger partial charge >= 0.3 is 0 Å². The number of aliphatic hydroxyl groups is 6. The van der Waals surface area contributed by atoms with E-state index >= 15 is 0 Å². The fraction of sp³-hybridized carbons (Fsp3) is 0.842. The van der Waals surface area contributed by atoms with Crippen LogP contribution in [0.2, 0.25) is 0 Å². The van der Waals surface area contributed by atoms with E-state index in [0.717, 1.165) is 0 Å². The molecule has 0 saturated carbocycles. The third kappa shape index (κ3) is 20.3. The average Bonchev–Trinajstić information content (AvgIpc) is 3.21. The van der Waals surface area contributed by atoms with E-state index < -0.39 is 98.1 Å². The van der Waals surface area contributed by atoms with Crippen molar-refractivity contribution in [2.45, 2.75) is 108 Å². The Bertz CT molecular complexity index is 1300. The maximum absolute atomic E-state index is 12.8. The predicted octanol–water partition coefficient (Wildman–Crippen LogP) is -6.01. The normalized spacial score (nSPS) is 26.2. The summed E-state index contributed by atoms with van der Waals surface area (Å²) in [4.78, 5) is 74.7. The minimum atomic E-state index is -1.46. The molecule has 24 nitrogen and oxygen atoms in total. The van der Waals surface area contributed by atoms with Crippen LogP contribution < -0.4 is 26.6 Å². The van der Waals surface area contributed by atoms with Crippen LogP contribution in [0.3, 0.4) is 0 Å². The quantitative estimate of drug-likeness (QED) is 0.0299. The van der Waals surface area contributed by atoms with Crippen LogP contribution in [-0.4, -0.2) is 224 Å². The largest absolute Gasteiger partial charge is 0.394 e. The summed E-state index contributed by atoms with van der Waals surface area (Å²) in [5, 5.41) is 73.0. The van der Waals surface area contributed by atoms with Crippen molar-refractivity contribution in [3.63, 3.8) is 0 Å². The van der Waals surface area contributed by atoms with Crippen LogP contribution in [0.5, 0.6) is 0 Å². The highest BCUT2D eigenvalue weighted by atomic mass is 16.7. The summed E-state index contributed by atoms with van der Waals surface area (Å²) < 4.78 is 33.2. The van der Waals surface area contributed by atoms with Crippen LogP contribution in [0.15, 0.2) is 0 Å². The van der Waals surface area contributed by atoms with Gasteiger partial charge in [-0.1, -0.05) is 13.8 Å². The third-order valence-electron chi connectivity index (χ3n) is 9.61. The van der Waals surface area contributed by atoms with Crippen LogP contribution in [0.1, 0.15) is 47.0 Å².